The average molecular weight is 314 g/mol. The molecule has 1 aliphatic heterocycles. The number of aryl methyl sites for hydroxylation is 1. The summed E-state index contributed by atoms with van der Waals surface area (Å²) in [6, 6.07) is 4.69. The fraction of sp³-hybridized carbons (Fsp3) is 0.562. The molecule has 122 valence electrons. The van der Waals surface area contributed by atoms with Crippen LogP contribution in [0, 0.1) is 5.41 Å². The maximum absolute atomic E-state index is 13.6. The van der Waals surface area contributed by atoms with E-state index in [9.17, 15) is 18.0 Å². The maximum Gasteiger partial charge on any atom is 0.409 e. The van der Waals surface area contributed by atoms with Gasteiger partial charge in [-0.25, -0.2) is 5.01 Å². The van der Waals surface area contributed by atoms with Crippen LogP contribution in [0.25, 0.3) is 0 Å². The SMILES string of the molecule is CCCc1cccc([C@H](N2CC(C)(C)C(=O)N2)C(F)(F)F)c1. The summed E-state index contributed by atoms with van der Waals surface area (Å²) in [6.45, 7) is 5.29. The van der Waals surface area contributed by atoms with Crippen LogP contribution in [0.2, 0.25) is 0 Å². The molecule has 3 nitrogen and oxygen atoms in total. The van der Waals surface area contributed by atoms with E-state index in [1.807, 2.05) is 13.0 Å². The fourth-order valence-corrected chi connectivity index (χ4v) is 2.73. The Kier molecular flexibility index (Phi) is 4.52. The largest absolute Gasteiger partial charge is 0.409 e. The molecule has 0 bridgehead atoms. The normalized spacial score (nSPS) is 20.0. The van der Waals surface area contributed by atoms with Gasteiger partial charge in [0.15, 0.2) is 0 Å². The number of alkyl halides is 3. The molecule has 0 saturated carbocycles. The first-order chi connectivity index (χ1) is 10.1. The molecule has 0 spiro atoms. The van der Waals surface area contributed by atoms with Crippen molar-refractivity contribution in [1.29, 1.82) is 0 Å². The second kappa shape index (κ2) is 5.91. The van der Waals surface area contributed by atoms with Gasteiger partial charge in [0.2, 0.25) is 5.91 Å². The second-order valence-corrected chi connectivity index (χ2v) is 6.39. The highest BCUT2D eigenvalue weighted by Gasteiger charge is 2.51. The smallest absolute Gasteiger partial charge is 0.287 e. The van der Waals surface area contributed by atoms with Crippen LogP contribution >= 0.6 is 0 Å². The van der Waals surface area contributed by atoms with Crippen LogP contribution in [0.3, 0.4) is 0 Å². The Balaban J connectivity index is 2.36. The molecule has 1 amide bonds. The Morgan fingerprint density at radius 1 is 1.36 bits per heavy atom. The molecule has 1 aliphatic rings. The lowest BCUT2D eigenvalue weighted by Crippen LogP contribution is -2.43. The van der Waals surface area contributed by atoms with Gasteiger partial charge in [0.1, 0.15) is 6.04 Å². The zero-order valence-electron chi connectivity index (χ0n) is 13.0. The van der Waals surface area contributed by atoms with Crippen LogP contribution in [0.1, 0.15) is 44.4 Å². The molecule has 1 N–H and O–H groups in total. The Bertz CT molecular complexity index is 555. The number of hydrogen-bond acceptors (Lipinski definition) is 2. The third-order valence-electron chi connectivity index (χ3n) is 3.85. The van der Waals surface area contributed by atoms with Gasteiger partial charge in [-0.15, -0.1) is 0 Å². The fourth-order valence-electron chi connectivity index (χ4n) is 2.73. The Morgan fingerprint density at radius 3 is 2.55 bits per heavy atom. The Labute approximate surface area is 128 Å². The zero-order valence-corrected chi connectivity index (χ0v) is 13.0. The molecule has 0 aliphatic carbocycles. The predicted molar refractivity (Wildman–Crippen MR) is 77.9 cm³/mol. The second-order valence-electron chi connectivity index (χ2n) is 6.39. The van der Waals surface area contributed by atoms with E-state index >= 15 is 0 Å². The van der Waals surface area contributed by atoms with Gasteiger partial charge in [-0.05, 0) is 31.4 Å². The van der Waals surface area contributed by atoms with Crippen LogP contribution in [-0.2, 0) is 11.2 Å². The number of hydrazine groups is 1. The molecule has 1 aromatic carbocycles. The first-order valence-electron chi connectivity index (χ1n) is 7.38. The summed E-state index contributed by atoms with van der Waals surface area (Å²) in [5, 5.41) is 1.01. The van der Waals surface area contributed by atoms with Gasteiger partial charge in [-0.2, -0.15) is 13.2 Å². The monoisotopic (exact) mass is 314 g/mol. The number of amides is 1. The van der Waals surface area contributed by atoms with E-state index in [4.69, 9.17) is 0 Å². The zero-order chi connectivity index (χ0) is 16.5. The summed E-state index contributed by atoms with van der Waals surface area (Å²) >= 11 is 0. The van der Waals surface area contributed by atoms with E-state index in [2.05, 4.69) is 5.43 Å². The molecule has 1 saturated heterocycles. The van der Waals surface area contributed by atoms with E-state index in [-0.39, 0.29) is 18.0 Å². The van der Waals surface area contributed by atoms with Crippen molar-refractivity contribution in [2.45, 2.75) is 45.8 Å². The van der Waals surface area contributed by atoms with E-state index in [0.29, 0.717) is 0 Å². The lowest BCUT2D eigenvalue weighted by molar-refractivity contribution is -0.191. The predicted octanol–water partition coefficient (Wildman–Crippen LogP) is 3.62. The van der Waals surface area contributed by atoms with Gasteiger partial charge in [0, 0.05) is 6.54 Å². The van der Waals surface area contributed by atoms with Crippen LogP contribution < -0.4 is 5.43 Å². The van der Waals surface area contributed by atoms with Crippen molar-refractivity contribution in [3.8, 4) is 0 Å². The van der Waals surface area contributed by atoms with Gasteiger partial charge < -0.3 is 0 Å². The highest BCUT2D eigenvalue weighted by Crippen LogP contribution is 2.40. The first kappa shape index (κ1) is 16.8. The maximum atomic E-state index is 13.6. The number of rotatable bonds is 4. The third-order valence-corrected chi connectivity index (χ3v) is 3.85. The van der Waals surface area contributed by atoms with Crippen molar-refractivity contribution in [3.05, 3.63) is 35.4 Å². The highest BCUT2D eigenvalue weighted by atomic mass is 19.4. The van der Waals surface area contributed by atoms with Crippen molar-refractivity contribution in [2.75, 3.05) is 6.54 Å². The quantitative estimate of drug-likeness (QED) is 0.920. The van der Waals surface area contributed by atoms with Crippen LogP contribution in [0.15, 0.2) is 24.3 Å². The van der Waals surface area contributed by atoms with Gasteiger partial charge in [-0.3, -0.25) is 10.2 Å². The minimum atomic E-state index is -4.46. The number of nitrogens with one attached hydrogen (secondary N) is 1. The van der Waals surface area contributed by atoms with Crippen molar-refractivity contribution in [2.24, 2.45) is 5.41 Å². The molecular formula is C16H21F3N2O. The highest BCUT2D eigenvalue weighted by molar-refractivity contribution is 5.83. The number of nitrogens with zero attached hydrogens (tertiary/aromatic N) is 1. The van der Waals surface area contributed by atoms with E-state index in [1.54, 1.807) is 26.0 Å². The van der Waals surface area contributed by atoms with Crippen LogP contribution in [0.5, 0.6) is 0 Å². The molecule has 0 unspecified atom stereocenters. The molecule has 0 aromatic heterocycles. The summed E-state index contributed by atoms with van der Waals surface area (Å²) in [4.78, 5) is 11.8. The number of benzene rings is 1. The van der Waals surface area contributed by atoms with Crippen LogP contribution in [0.4, 0.5) is 13.2 Å². The van der Waals surface area contributed by atoms with Gasteiger partial charge in [0.25, 0.3) is 0 Å². The molecule has 1 aromatic rings. The molecule has 2 rings (SSSR count). The van der Waals surface area contributed by atoms with Crippen molar-refractivity contribution < 1.29 is 18.0 Å². The summed E-state index contributed by atoms with van der Waals surface area (Å²) in [6.07, 6.45) is -2.86. The topological polar surface area (TPSA) is 32.3 Å². The number of halogens is 3. The van der Waals surface area contributed by atoms with Crippen molar-refractivity contribution >= 4 is 5.91 Å². The van der Waals surface area contributed by atoms with Gasteiger partial charge >= 0.3 is 6.18 Å². The summed E-state index contributed by atoms with van der Waals surface area (Å²) in [7, 11) is 0. The van der Waals surface area contributed by atoms with E-state index in [0.717, 1.165) is 23.4 Å². The Morgan fingerprint density at radius 2 is 2.05 bits per heavy atom. The molecule has 1 heterocycles. The summed E-state index contributed by atoms with van der Waals surface area (Å²) < 4.78 is 40.7. The molecule has 22 heavy (non-hydrogen) atoms. The van der Waals surface area contributed by atoms with Gasteiger partial charge in [-0.1, -0.05) is 37.6 Å². The molecular weight excluding hydrogens is 293 g/mol. The molecule has 1 atom stereocenters. The van der Waals surface area contributed by atoms with E-state index in [1.165, 1.54) is 6.07 Å². The number of hydrogen-bond donors (Lipinski definition) is 1. The van der Waals surface area contributed by atoms with E-state index < -0.39 is 17.6 Å². The lowest BCUT2D eigenvalue weighted by Gasteiger charge is -2.30. The van der Waals surface area contributed by atoms with Crippen molar-refractivity contribution in [1.82, 2.24) is 10.4 Å². The van der Waals surface area contributed by atoms with Crippen molar-refractivity contribution in [3.63, 3.8) is 0 Å². The summed E-state index contributed by atoms with van der Waals surface area (Å²) in [5.41, 5.74) is 2.58. The van der Waals surface area contributed by atoms with Crippen LogP contribution in [-0.4, -0.2) is 23.6 Å². The standard InChI is InChI=1S/C16H21F3N2O/c1-4-6-11-7-5-8-12(9-11)13(16(17,18)19)21-10-15(2,3)14(22)20-21/h5,7-9,13H,4,6,10H2,1-3H3,(H,20,22)/t13-/m0/s1. The minimum Gasteiger partial charge on any atom is -0.287 e. The molecule has 0 radical (unpaired) electrons. The molecule has 1 fully saturated rings. The number of carbonyl (C=O) groups is 1. The minimum absolute atomic E-state index is 0.0218. The summed E-state index contributed by atoms with van der Waals surface area (Å²) in [5.74, 6) is -0.383. The van der Waals surface area contributed by atoms with Gasteiger partial charge in [0.05, 0.1) is 5.41 Å². The lowest BCUT2D eigenvalue weighted by atomic mass is 9.93. The number of carbonyl (C=O) groups excluding carboxylic acids is 1. The first-order valence-corrected chi connectivity index (χ1v) is 7.38. The Hall–Kier alpha value is -1.56. The molecule has 6 heteroatoms. The third kappa shape index (κ3) is 3.43. The average Bonchev–Trinajstić information content (AvgIpc) is 2.62.